The van der Waals surface area contributed by atoms with E-state index in [1.165, 1.54) is 0 Å². The average Bonchev–Trinajstić information content (AvgIpc) is 2.66. The highest BCUT2D eigenvalue weighted by atomic mass is 16.5. The summed E-state index contributed by atoms with van der Waals surface area (Å²) >= 11 is 0. The van der Waals surface area contributed by atoms with Gasteiger partial charge in [-0.15, -0.1) is 0 Å². The van der Waals surface area contributed by atoms with Gasteiger partial charge in [0.05, 0.1) is 34.1 Å². The summed E-state index contributed by atoms with van der Waals surface area (Å²) in [6, 6.07) is 11.8. The van der Waals surface area contributed by atoms with Gasteiger partial charge in [0.2, 0.25) is 0 Å². The molecule has 0 saturated carbocycles. The molecule has 5 nitrogen and oxygen atoms in total. The van der Waals surface area contributed by atoms with Crippen molar-refractivity contribution in [3.63, 3.8) is 0 Å². The number of rotatable bonds is 6. The third kappa shape index (κ3) is 3.31. The first-order valence-corrected chi connectivity index (χ1v) is 7.90. The Labute approximate surface area is 147 Å². The molecule has 25 heavy (non-hydrogen) atoms. The summed E-state index contributed by atoms with van der Waals surface area (Å²) in [5, 5.41) is 2.10. The number of benzene rings is 2. The molecule has 3 rings (SSSR count). The zero-order chi connectivity index (χ0) is 17.8. The number of hydrogen-bond acceptors (Lipinski definition) is 5. The van der Waals surface area contributed by atoms with Gasteiger partial charge < -0.3 is 18.9 Å². The van der Waals surface area contributed by atoms with Crippen LogP contribution in [-0.2, 0) is 6.42 Å². The van der Waals surface area contributed by atoms with Crippen molar-refractivity contribution in [1.29, 1.82) is 0 Å². The first-order chi connectivity index (χ1) is 12.2. The van der Waals surface area contributed by atoms with E-state index in [2.05, 4.69) is 4.98 Å². The van der Waals surface area contributed by atoms with Crippen molar-refractivity contribution < 1.29 is 18.9 Å². The van der Waals surface area contributed by atoms with Crippen LogP contribution >= 0.6 is 0 Å². The smallest absolute Gasteiger partial charge is 0.161 e. The Bertz CT molecular complexity index is 892. The van der Waals surface area contributed by atoms with E-state index in [9.17, 15) is 0 Å². The van der Waals surface area contributed by atoms with Crippen LogP contribution in [0.15, 0.2) is 42.6 Å². The summed E-state index contributed by atoms with van der Waals surface area (Å²) in [4.78, 5) is 4.56. The first kappa shape index (κ1) is 16.9. The molecule has 1 aromatic heterocycles. The Balaban J connectivity index is 2.04. The van der Waals surface area contributed by atoms with Gasteiger partial charge >= 0.3 is 0 Å². The van der Waals surface area contributed by atoms with Crippen molar-refractivity contribution in [1.82, 2.24) is 4.98 Å². The minimum Gasteiger partial charge on any atom is -0.493 e. The van der Waals surface area contributed by atoms with Crippen LogP contribution in [0.25, 0.3) is 10.8 Å². The summed E-state index contributed by atoms with van der Waals surface area (Å²) in [5.41, 5.74) is 2.05. The zero-order valence-electron chi connectivity index (χ0n) is 14.8. The highest BCUT2D eigenvalue weighted by Gasteiger charge is 2.11. The largest absolute Gasteiger partial charge is 0.493 e. The molecule has 0 N–H and O–H groups in total. The van der Waals surface area contributed by atoms with Crippen LogP contribution in [0.4, 0.5) is 0 Å². The zero-order valence-corrected chi connectivity index (χ0v) is 14.8. The molecule has 0 amide bonds. The molecule has 0 atom stereocenters. The Morgan fingerprint density at radius 2 is 1.36 bits per heavy atom. The number of hydrogen-bond donors (Lipinski definition) is 0. The van der Waals surface area contributed by atoms with Gasteiger partial charge in [-0.25, -0.2) is 0 Å². The molecule has 0 unspecified atom stereocenters. The summed E-state index contributed by atoms with van der Waals surface area (Å²) in [5.74, 6) is 2.82. The second kappa shape index (κ2) is 7.30. The maximum Gasteiger partial charge on any atom is 0.161 e. The molecule has 130 valence electrons. The Hall–Kier alpha value is -2.95. The topological polar surface area (TPSA) is 49.8 Å². The van der Waals surface area contributed by atoms with Crippen LogP contribution in [0.1, 0.15) is 11.3 Å². The van der Waals surface area contributed by atoms with Gasteiger partial charge in [0.1, 0.15) is 0 Å². The molecular weight excluding hydrogens is 317 g/mol. The van der Waals surface area contributed by atoms with E-state index >= 15 is 0 Å². The van der Waals surface area contributed by atoms with Gasteiger partial charge in [-0.2, -0.15) is 0 Å². The summed E-state index contributed by atoms with van der Waals surface area (Å²) < 4.78 is 21.5. The van der Waals surface area contributed by atoms with Gasteiger partial charge in [-0.1, -0.05) is 6.07 Å². The Morgan fingerprint density at radius 3 is 2.04 bits per heavy atom. The number of methoxy groups -OCH3 is 4. The third-order valence-electron chi connectivity index (χ3n) is 4.17. The second-order valence-electron chi connectivity index (χ2n) is 5.55. The van der Waals surface area contributed by atoms with E-state index < -0.39 is 0 Å². The van der Waals surface area contributed by atoms with E-state index in [4.69, 9.17) is 18.9 Å². The molecule has 0 saturated heterocycles. The Morgan fingerprint density at radius 1 is 0.720 bits per heavy atom. The fraction of sp³-hybridized carbons (Fsp3) is 0.250. The molecule has 0 bridgehead atoms. The van der Waals surface area contributed by atoms with Crippen molar-refractivity contribution in [2.75, 3.05) is 28.4 Å². The maximum absolute atomic E-state index is 5.43. The predicted octanol–water partition coefficient (Wildman–Crippen LogP) is 3.86. The molecule has 5 heteroatoms. The van der Waals surface area contributed by atoms with Crippen LogP contribution in [0, 0.1) is 0 Å². The molecule has 0 radical (unpaired) electrons. The number of fused-ring (bicyclic) bond motifs is 1. The summed E-state index contributed by atoms with van der Waals surface area (Å²) in [6.07, 6.45) is 2.48. The summed E-state index contributed by atoms with van der Waals surface area (Å²) in [6.45, 7) is 0. The van der Waals surface area contributed by atoms with Gasteiger partial charge in [0, 0.05) is 18.0 Å². The van der Waals surface area contributed by atoms with Crippen molar-refractivity contribution in [3.05, 3.63) is 53.9 Å². The van der Waals surface area contributed by atoms with E-state index in [0.717, 1.165) is 22.0 Å². The van der Waals surface area contributed by atoms with E-state index in [1.54, 1.807) is 28.4 Å². The Kier molecular flexibility index (Phi) is 4.93. The lowest BCUT2D eigenvalue weighted by Gasteiger charge is -2.12. The normalized spacial score (nSPS) is 10.6. The van der Waals surface area contributed by atoms with Crippen LogP contribution in [0.5, 0.6) is 23.0 Å². The minimum absolute atomic E-state index is 0.674. The van der Waals surface area contributed by atoms with Crippen LogP contribution in [0.2, 0.25) is 0 Å². The monoisotopic (exact) mass is 338 g/mol. The third-order valence-corrected chi connectivity index (χ3v) is 4.17. The maximum atomic E-state index is 5.43. The minimum atomic E-state index is 0.674. The second-order valence-corrected chi connectivity index (χ2v) is 5.55. The van der Waals surface area contributed by atoms with Crippen molar-refractivity contribution in [2.24, 2.45) is 0 Å². The van der Waals surface area contributed by atoms with Crippen molar-refractivity contribution in [2.45, 2.75) is 6.42 Å². The summed E-state index contributed by atoms with van der Waals surface area (Å²) in [7, 11) is 6.53. The number of nitrogens with zero attached hydrogens (tertiary/aromatic N) is 1. The highest BCUT2D eigenvalue weighted by molar-refractivity contribution is 5.88. The molecule has 0 fully saturated rings. The standard InChI is InChI=1S/C20H21NO4/c1-22-17-6-5-13(10-18(17)23-2)9-16-15-12-20(25-4)19(24-3)11-14(15)7-8-21-16/h5-8,10-12H,9H2,1-4H3/i1-1. The molecule has 0 aliphatic carbocycles. The van der Waals surface area contributed by atoms with E-state index in [-0.39, 0.29) is 0 Å². The molecule has 1 heterocycles. The first-order valence-electron chi connectivity index (χ1n) is 7.90. The fourth-order valence-corrected chi connectivity index (χ4v) is 2.88. The lowest BCUT2D eigenvalue weighted by atomic mass is 10.0. The SMILES string of the molecule is COc1cc2ccnc(Cc3ccc(O[11CH3])c(OC)c3)c2cc1OC. The number of ether oxygens (including phenoxy) is 4. The fourth-order valence-electron chi connectivity index (χ4n) is 2.88. The van der Waals surface area contributed by atoms with Crippen molar-refractivity contribution in [3.8, 4) is 23.0 Å². The van der Waals surface area contributed by atoms with Crippen LogP contribution in [0.3, 0.4) is 0 Å². The average molecular weight is 338 g/mol. The molecular formula is C20H21NO4. The lowest BCUT2D eigenvalue weighted by molar-refractivity contribution is 0.354. The van der Waals surface area contributed by atoms with Crippen LogP contribution < -0.4 is 18.9 Å². The molecule has 0 aliphatic heterocycles. The molecule has 0 aliphatic rings. The lowest BCUT2D eigenvalue weighted by Crippen LogP contribution is -1.97. The van der Waals surface area contributed by atoms with Gasteiger partial charge in [-0.3, -0.25) is 4.98 Å². The number of pyridine rings is 1. The molecule has 0 spiro atoms. The molecule has 3 aromatic rings. The van der Waals surface area contributed by atoms with Gasteiger partial charge in [0.25, 0.3) is 0 Å². The highest BCUT2D eigenvalue weighted by Crippen LogP contribution is 2.34. The van der Waals surface area contributed by atoms with Gasteiger partial charge in [-0.05, 0) is 41.3 Å². The van der Waals surface area contributed by atoms with E-state index in [1.807, 2.05) is 42.6 Å². The van der Waals surface area contributed by atoms with E-state index in [0.29, 0.717) is 29.4 Å². The quantitative estimate of drug-likeness (QED) is 0.683. The number of aromatic nitrogens is 1. The van der Waals surface area contributed by atoms with Crippen molar-refractivity contribution >= 4 is 10.8 Å². The molecule has 2 aromatic carbocycles. The van der Waals surface area contributed by atoms with Crippen LogP contribution in [-0.4, -0.2) is 33.4 Å². The van der Waals surface area contributed by atoms with Gasteiger partial charge in [0.15, 0.2) is 23.0 Å². The predicted molar refractivity (Wildman–Crippen MR) is 97.2 cm³/mol.